The summed E-state index contributed by atoms with van der Waals surface area (Å²) in [4.78, 5) is 26.2. The molecular formula is C22H26FN3O4S. The Hall–Kier alpha value is -2.78. The average Bonchev–Trinajstić information content (AvgIpc) is 3.12. The van der Waals surface area contributed by atoms with E-state index >= 15 is 0 Å². The molecule has 1 aliphatic heterocycles. The first-order valence-electron chi connectivity index (χ1n) is 10.0. The highest BCUT2D eigenvalue weighted by molar-refractivity contribution is 7.88. The molecule has 2 aromatic carbocycles. The van der Waals surface area contributed by atoms with Crippen molar-refractivity contribution >= 4 is 21.8 Å². The van der Waals surface area contributed by atoms with E-state index in [1.54, 1.807) is 11.0 Å². The third kappa shape index (κ3) is 6.35. The molecule has 0 spiro atoms. The molecule has 7 nitrogen and oxygen atoms in total. The van der Waals surface area contributed by atoms with Crippen molar-refractivity contribution in [2.24, 2.45) is 0 Å². The molecule has 2 aromatic rings. The first-order valence-corrected chi connectivity index (χ1v) is 11.9. The Labute approximate surface area is 181 Å². The largest absolute Gasteiger partial charge is 0.351 e. The minimum absolute atomic E-state index is 0.121. The first-order chi connectivity index (χ1) is 14.7. The topological polar surface area (TPSA) is 86.8 Å². The number of halogens is 1. The van der Waals surface area contributed by atoms with Crippen LogP contribution < -0.4 is 5.32 Å². The highest BCUT2D eigenvalue weighted by Crippen LogP contribution is 2.17. The molecule has 0 bridgehead atoms. The minimum Gasteiger partial charge on any atom is -0.351 e. The lowest BCUT2D eigenvalue weighted by atomic mass is 10.1. The number of amides is 2. The van der Waals surface area contributed by atoms with Crippen LogP contribution in [-0.4, -0.2) is 48.8 Å². The van der Waals surface area contributed by atoms with Gasteiger partial charge in [-0.25, -0.2) is 12.8 Å². The molecule has 0 aliphatic carbocycles. The van der Waals surface area contributed by atoms with E-state index in [1.807, 2.05) is 24.3 Å². The maximum Gasteiger partial charge on any atom is 0.235 e. The zero-order valence-corrected chi connectivity index (χ0v) is 18.2. The summed E-state index contributed by atoms with van der Waals surface area (Å²) in [6, 6.07) is 13.4. The van der Waals surface area contributed by atoms with Crippen LogP contribution in [0.4, 0.5) is 4.39 Å². The number of hydrogen-bond acceptors (Lipinski definition) is 4. The van der Waals surface area contributed by atoms with Crippen LogP contribution in [0.1, 0.15) is 29.5 Å². The van der Waals surface area contributed by atoms with Gasteiger partial charge in [0.2, 0.25) is 21.8 Å². The van der Waals surface area contributed by atoms with E-state index < -0.39 is 28.3 Å². The van der Waals surface area contributed by atoms with E-state index in [-0.39, 0.29) is 24.6 Å². The molecule has 1 heterocycles. The number of sulfonamides is 1. The molecule has 1 saturated heterocycles. The van der Waals surface area contributed by atoms with E-state index in [9.17, 15) is 22.4 Å². The molecular weight excluding hydrogens is 421 g/mol. The fourth-order valence-corrected chi connectivity index (χ4v) is 4.20. The minimum atomic E-state index is -3.73. The van der Waals surface area contributed by atoms with Crippen LogP contribution in [0.5, 0.6) is 0 Å². The van der Waals surface area contributed by atoms with Crippen LogP contribution >= 0.6 is 0 Å². The monoisotopic (exact) mass is 447 g/mol. The number of nitrogens with one attached hydrogen (secondary N) is 1. The smallest absolute Gasteiger partial charge is 0.235 e. The van der Waals surface area contributed by atoms with Crippen LogP contribution in [0.15, 0.2) is 48.5 Å². The van der Waals surface area contributed by atoms with Crippen molar-refractivity contribution < 1.29 is 22.4 Å². The van der Waals surface area contributed by atoms with Gasteiger partial charge in [0.25, 0.3) is 0 Å². The summed E-state index contributed by atoms with van der Waals surface area (Å²) in [5.41, 5.74) is 1.99. The number of carbonyl (C=O) groups excluding carboxylic acids is 2. The lowest BCUT2D eigenvalue weighted by molar-refractivity contribution is -0.128. The van der Waals surface area contributed by atoms with Crippen molar-refractivity contribution in [3.05, 3.63) is 71.0 Å². The van der Waals surface area contributed by atoms with E-state index in [2.05, 4.69) is 5.32 Å². The summed E-state index contributed by atoms with van der Waals surface area (Å²) in [5.74, 6) is -0.897. The Morgan fingerprint density at radius 3 is 2.35 bits per heavy atom. The van der Waals surface area contributed by atoms with Crippen molar-refractivity contribution in [3.63, 3.8) is 0 Å². The van der Waals surface area contributed by atoms with Gasteiger partial charge in [-0.3, -0.25) is 9.59 Å². The van der Waals surface area contributed by atoms with Crippen molar-refractivity contribution in [3.8, 4) is 0 Å². The molecule has 1 N–H and O–H groups in total. The molecule has 31 heavy (non-hydrogen) atoms. The Kier molecular flexibility index (Phi) is 7.40. The van der Waals surface area contributed by atoms with Crippen LogP contribution in [0.25, 0.3) is 0 Å². The van der Waals surface area contributed by atoms with Crippen LogP contribution in [0.2, 0.25) is 0 Å². The Balaban J connectivity index is 1.63. The highest BCUT2D eigenvalue weighted by Gasteiger charge is 2.23. The van der Waals surface area contributed by atoms with Gasteiger partial charge in [0, 0.05) is 38.2 Å². The molecule has 0 aromatic heterocycles. The SMILES string of the molecule is CS(=O)(=O)N(CC(=O)NCc1ccccc1CN1CCCC1=O)Cc1ccccc1F. The van der Waals surface area contributed by atoms with E-state index in [1.165, 1.54) is 18.2 Å². The second kappa shape index (κ2) is 10.0. The van der Waals surface area contributed by atoms with Gasteiger partial charge in [-0.2, -0.15) is 4.31 Å². The van der Waals surface area contributed by atoms with Gasteiger partial charge < -0.3 is 10.2 Å². The molecule has 0 unspecified atom stereocenters. The van der Waals surface area contributed by atoms with E-state index in [4.69, 9.17) is 0 Å². The van der Waals surface area contributed by atoms with Crippen molar-refractivity contribution in [2.45, 2.75) is 32.5 Å². The number of nitrogens with zero attached hydrogens (tertiary/aromatic N) is 2. The molecule has 1 aliphatic rings. The summed E-state index contributed by atoms with van der Waals surface area (Å²) < 4.78 is 39.1. The lowest BCUT2D eigenvalue weighted by Gasteiger charge is -2.21. The predicted octanol–water partition coefficient (Wildman–Crippen LogP) is 2.03. The molecule has 2 amide bonds. The summed E-state index contributed by atoms with van der Waals surface area (Å²) >= 11 is 0. The quantitative estimate of drug-likeness (QED) is 0.637. The Morgan fingerprint density at radius 2 is 1.74 bits per heavy atom. The van der Waals surface area contributed by atoms with Gasteiger partial charge in [-0.15, -0.1) is 0 Å². The lowest BCUT2D eigenvalue weighted by Crippen LogP contribution is -2.40. The maximum atomic E-state index is 13.9. The second-order valence-corrected chi connectivity index (χ2v) is 9.57. The summed E-state index contributed by atoms with van der Waals surface area (Å²) in [6.45, 7) is 0.757. The summed E-state index contributed by atoms with van der Waals surface area (Å²) in [6.07, 6.45) is 2.40. The average molecular weight is 448 g/mol. The molecule has 0 radical (unpaired) electrons. The third-order valence-corrected chi connectivity index (χ3v) is 6.42. The molecule has 0 atom stereocenters. The van der Waals surface area contributed by atoms with Crippen molar-refractivity contribution in [2.75, 3.05) is 19.3 Å². The van der Waals surface area contributed by atoms with Crippen LogP contribution in [0.3, 0.4) is 0 Å². The number of benzene rings is 2. The van der Waals surface area contributed by atoms with Gasteiger partial charge in [0.05, 0.1) is 12.8 Å². The molecule has 3 rings (SSSR count). The number of likely N-dealkylation sites (tertiary alicyclic amines) is 1. The van der Waals surface area contributed by atoms with Crippen molar-refractivity contribution in [1.82, 2.24) is 14.5 Å². The van der Waals surface area contributed by atoms with Gasteiger partial charge in [0.1, 0.15) is 5.82 Å². The van der Waals surface area contributed by atoms with Gasteiger partial charge >= 0.3 is 0 Å². The molecule has 166 valence electrons. The number of carbonyl (C=O) groups is 2. The summed E-state index contributed by atoms with van der Waals surface area (Å²) in [7, 11) is -3.73. The Bertz CT molecular complexity index is 1060. The van der Waals surface area contributed by atoms with E-state index in [0.717, 1.165) is 34.7 Å². The molecule has 0 saturated carbocycles. The number of hydrogen-bond donors (Lipinski definition) is 1. The molecule has 9 heteroatoms. The van der Waals surface area contributed by atoms with Crippen LogP contribution in [-0.2, 0) is 39.2 Å². The maximum absolute atomic E-state index is 13.9. The molecule has 1 fully saturated rings. The zero-order valence-electron chi connectivity index (χ0n) is 17.4. The first kappa shape index (κ1) is 22.9. The van der Waals surface area contributed by atoms with Gasteiger partial charge in [0.15, 0.2) is 0 Å². The highest BCUT2D eigenvalue weighted by atomic mass is 32.2. The summed E-state index contributed by atoms with van der Waals surface area (Å²) in [5, 5.41) is 2.74. The fourth-order valence-electron chi connectivity index (χ4n) is 3.48. The van der Waals surface area contributed by atoms with Crippen molar-refractivity contribution in [1.29, 1.82) is 0 Å². The third-order valence-electron chi connectivity index (χ3n) is 5.22. The fraction of sp³-hybridized carbons (Fsp3) is 0.364. The van der Waals surface area contributed by atoms with E-state index in [0.29, 0.717) is 13.0 Å². The van der Waals surface area contributed by atoms with Gasteiger partial charge in [-0.1, -0.05) is 42.5 Å². The number of rotatable bonds is 9. The standard InChI is InChI=1S/C22H26FN3O4S/c1-31(29,30)26(15-19-9-4-5-10-20(19)23)16-21(27)24-13-17-7-2-3-8-18(17)14-25-12-6-11-22(25)28/h2-5,7-10H,6,11-16H2,1H3,(H,24,27). The van der Waals surface area contributed by atoms with Crippen LogP contribution in [0, 0.1) is 5.82 Å². The zero-order chi connectivity index (χ0) is 22.4. The predicted molar refractivity (Wildman–Crippen MR) is 115 cm³/mol. The normalized spacial score (nSPS) is 14.3. The second-order valence-electron chi connectivity index (χ2n) is 7.59. The Morgan fingerprint density at radius 1 is 1.10 bits per heavy atom. The van der Waals surface area contributed by atoms with Gasteiger partial charge in [-0.05, 0) is 23.6 Å².